The molecule has 4 N–H and O–H groups in total. The number of piperidine rings is 1. The highest BCUT2D eigenvalue weighted by atomic mass is 32.1. The monoisotopic (exact) mass is 285 g/mol. The van der Waals surface area contributed by atoms with Crippen LogP contribution in [0.5, 0.6) is 5.75 Å². The highest BCUT2D eigenvalue weighted by Crippen LogP contribution is 2.43. The average Bonchev–Trinajstić information content (AvgIpc) is 2.75. The molecule has 1 fully saturated rings. The van der Waals surface area contributed by atoms with Gasteiger partial charge in [-0.05, 0) is 25.9 Å². The fourth-order valence-electron chi connectivity index (χ4n) is 2.12. The van der Waals surface area contributed by atoms with Gasteiger partial charge in [0.05, 0.1) is 14.2 Å². The van der Waals surface area contributed by atoms with Crippen molar-refractivity contribution in [3.63, 3.8) is 0 Å². The lowest BCUT2D eigenvalue weighted by molar-refractivity contribution is 0.0607. The van der Waals surface area contributed by atoms with Gasteiger partial charge in [-0.3, -0.25) is 0 Å². The van der Waals surface area contributed by atoms with Crippen LogP contribution in [0.3, 0.4) is 0 Å². The minimum Gasteiger partial charge on any atom is -0.492 e. The number of hydrogen-bond acceptors (Lipinski definition) is 7. The molecule has 7 heteroatoms. The third kappa shape index (κ3) is 2.93. The van der Waals surface area contributed by atoms with E-state index >= 15 is 0 Å². The molecule has 19 heavy (non-hydrogen) atoms. The van der Waals surface area contributed by atoms with Gasteiger partial charge in [0.1, 0.15) is 15.6 Å². The molecule has 0 saturated carbocycles. The highest BCUT2D eigenvalue weighted by Gasteiger charge is 2.24. The van der Waals surface area contributed by atoms with Crippen LogP contribution in [0.4, 0.5) is 10.7 Å². The Morgan fingerprint density at radius 3 is 2.68 bits per heavy atom. The summed E-state index contributed by atoms with van der Waals surface area (Å²) in [6.07, 6.45) is 2.07. The second-order valence-corrected chi connectivity index (χ2v) is 5.39. The fraction of sp³-hybridized carbons (Fsp3) is 0.583. The molecule has 1 aliphatic heterocycles. The van der Waals surface area contributed by atoms with Crippen LogP contribution in [0.15, 0.2) is 0 Å². The lowest BCUT2D eigenvalue weighted by Crippen LogP contribution is -2.35. The molecule has 1 aromatic rings. The van der Waals surface area contributed by atoms with Gasteiger partial charge in [-0.25, -0.2) is 4.79 Å². The topological polar surface area (TPSA) is 85.6 Å². The molecule has 1 aromatic heterocycles. The third-order valence-electron chi connectivity index (χ3n) is 3.15. The van der Waals surface area contributed by atoms with Gasteiger partial charge in [0.25, 0.3) is 0 Å². The van der Waals surface area contributed by atoms with Crippen molar-refractivity contribution in [3.8, 4) is 5.75 Å². The van der Waals surface area contributed by atoms with E-state index in [2.05, 4.69) is 10.6 Å². The van der Waals surface area contributed by atoms with E-state index in [1.165, 1.54) is 18.4 Å². The number of carbonyl (C=O) groups excluding carboxylic acids is 1. The first-order valence-corrected chi connectivity index (χ1v) is 7.00. The highest BCUT2D eigenvalue weighted by molar-refractivity contribution is 7.19. The van der Waals surface area contributed by atoms with Crippen molar-refractivity contribution in [1.29, 1.82) is 0 Å². The molecule has 106 valence electrons. The van der Waals surface area contributed by atoms with Gasteiger partial charge in [-0.1, -0.05) is 0 Å². The molecular formula is C12H19N3O3S. The Hall–Kier alpha value is -1.47. The first-order chi connectivity index (χ1) is 9.17. The second-order valence-electron chi connectivity index (χ2n) is 4.37. The number of hydrogen-bond donors (Lipinski definition) is 3. The number of thiophene rings is 1. The predicted octanol–water partition coefficient (Wildman–Crippen LogP) is 1.29. The summed E-state index contributed by atoms with van der Waals surface area (Å²) in [6.45, 7) is 1.98. The van der Waals surface area contributed by atoms with Crippen LogP contribution < -0.4 is 21.1 Å². The molecule has 0 amide bonds. The van der Waals surface area contributed by atoms with Crippen LogP contribution >= 0.6 is 11.3 Å². The molecule has 0 unspecified atom stereocenters. The minimum atomic E-state index is -0.431. The molecule has 0 bridgehead atoms. The number of nitrogens with one attached hydrogen (secondary N) is 2. The summed E-state index contributed by atoms with van der Waals surface area (Å²) in [6, 6.07) is 0.374. The number of anilines is 2. The lowest BCUT2D eigenvalue weighted by Gasteiger charge is -2.24. The van der Waals surface area contributed by atoms with E-state index < -0.39 is 5.97 Å². The average molecular weight is 285 g/mol. The number of nitrogens with two attached hydrogens (primary N) is 1. The van der Waals surface area contributed by atoms with E-state index in [4.69, 9.17) is 15.2 Å². The van der Waals surface area contributed by atoms with Crippen LogP contribution in [-0.2, 0) is 4.74 Å². The lowest BCUT2D eigenvalue weighted by atomic mass is 10.1. The Morgan fingerprint density at radius 1 is 1.42 bits per heavy atom. The minimum absolute atomic E-state index is 0.343. The second kappa shape index (κ2) is 6.12. The van der Waals surface area contributed by atoms with E-state index in [0.29, 0.717) is 22.4 Å². The van der Waals surface area contributed by atoms with Crippen molar-refractivity contribution in [2.24, 2.45) is 0 Å². The molecule has 1 aliphatic rings. The SMILES string of the molecule is COC(=O)c1sc(NC2CCNCC2)c(OC)c1N. The summed E-state index contributed by atoms with van der Waals surface area (Å²) in [5, 5.41) is 7.51. The normalized spacial score (nSPS) is 16.1. The zero-order valence-corrected chi connectivity index (χ0v) is 11.9. The Kier molecular flexibility index (Phi) is 4.49. The van der Waals surface area contributed by atoms with Crippen molar-refractivity contribution in [1.82, 2.24) is 5.32 Å². The van der Waals surface area contributed by atoms with E-state index in [1.54, 1.807) is 7.11 Å². The zero-order valence-electron chi connectivity index (χ0n) is 11.1. The summed E-state index contributed by atoms with van der Waals surface area (Å²) in [5.74, 6) is 0.100. The summed E-state index contributed by atoms with van der Waals surface area (Å²) < 4.78 is 10.0. The number of nitrogen functional groups attached to an aromatic ring is 1. The molecule has 1 saturated heterocycles. The van der Waals surface area contributed by atoms with E-state index in [-0.39, 0.29) is 0 Å². The third-order valence-corrected chi connectivity index (χ3v) is 4.25. The first-order valence-electron chi connectivity index (χ1n) is 6.19. The van der Waals surface area contributed by atoms with Crippen molar-refractivity contribution >= 4 is 28.0 Å². The summed E-state index contributed by atoms with van der Waals surface area (Å²) >= 11 is 1.28. The molecule has 2 heterocycles. The predicted molar refractivity (Wildman–Crippen MR) is 76.1 cm³/mol. The molecule has 6 nitrogen and oxygen atoms in total. The standard InChI is InChI=1S/C12H19N3O3S/c1-17-9-8(13)10(12(16)18-2)19-11(9)15-7-3-5-14-6-4-7/h7,14-15H,3-6,13H2,1-2H3. The van der Waals surface area contributed by atoms with E-state index in [0.717, 1.165) is 30.9 Å². The van der Waals surface area contributed by atoms with Crippen LogP contribution in [0.25, 0.3) is 0 Å². The Morgan fingerprint density at radius 2 is 2.11 bits per heavy atom. The molecule has 0 aliphatic carbocycles. The van der Waals surface area contributed by atoms with E-state index in [1.807, 2.05) is 0 Å². The zero-order chi connectivity index (χ0) is 13.8. The molecule has 2 rings (SSSR count). The summed E-state index contributed by atoms with van der Waals surface area (Å²) in [7, 11) is 2.89. The van der Waals surface area contributed by atoms with Gasteiger partial charge in [0.15, 0.2) is 5.75 Å². The van der Waals surface area contributed by atoms with Crippen molar-refractivity contribution in [2.75, 3.05) is 38.4 Å². The fourth-order valence-corrected chi connectivity index (χ4v) is 3.21. The van der Waals surface area contributed by atoms with Crippen LogP contribution in [-0.4, -0.2) is 39.3 Å². The van der Waals surface area contributed by atoms with Gasteiger partial charge in [-0.15, -0.1) is 11.3 Å². The molecule has 0 atom stereocenters. The number of ether oxygens (including phenoxy) is 2. The Bertz CT molecular complexity index is 455. The van der Waals surface area contributed by atoms with Gasteiger partial charge in [0, 0.05) is 6.04 Å². The summed E-state index contributed by atoms with van der Waals surface area (Å²) in [4.78, 5) is 12.0. The molecule has 0 aromatic carbocycles. The summed E-state index contributed by atoms with van der Waals surface area (Å²) in [5.41, 5.74) is 6.27. The van der Waals surface area contributed by atoms with Gasteiger partial charge in [-0.2, -0.15) is 0 Å². The van der Waals surface area contributed by atoms with E-state index in [9.17, 15) is 4.79 Å². The van der Waals surface area contributed by atoms with Crippen molar-refractivity contribution in [3.05, 3.63) is 4.88 Å². The van der Waals surface area contributed by atoms with Gasteiger partial charge >= 0.3 is 5.97 Å². The smallest absolute Gasteiger partial charge is 0.350 e. The van der Waals surface area contributed by atoms with Crippen LogP contribution in [0, 0.1) is 0 Å². The maximum atomic E-state index is 11.6. The largest absolute Gasteiger partial charge is 0.492 e. The number of rotatable bonds is 4. The maximum absolute atomic E-state index is 11.6. The maximum Gasteiger partial charge on any atom is 0.350 e. The molecule has 0 spiro atoms. The van der Waals surface area contributed by atoms with Crippen molar-refractivity contribution in [2.45, 2.75) is 18.9 Å². The van der Waals surface area contributed by atoms with Crippen LogP contribution in [0.1, 0.15) is 22.5 Å². The quantitative estimate of drug-likeness (QED) is 0.723. The molecular weight excluding hydrogens is 266 g/mol. The molecule has 0 radical (unpaired) electrons. The van der Waals surface area contributed by atoms with Crippen LogP contribution in [0.2, 0.25) is 0 Å². The van der Waals surface area contributed by atoms with Gasteiger partial charge < -0.3 is 25.8 Å². The number of esters is 1. The Balaban J connectivity index is 2.21. The van der Waals surface area contributed by atoms with Gasteiger partial charge in [0.2, 0.25) is 0 Å². The Labute approximate surface area is 116 Å². The number of methoxy groups -OCH3 is 2. The first kappa shape index (κ1) is 14.0. The van der Waals surface area contributed by atoms with Crippen molar-refractivity contribution < 1.29 is 14.3 Å². The number of carbonyl (C=O) groups is 1.